The van der Waals surface area contributed by atoms with Crippen LogP contribution >= 0.6 is 27.7 Å². The molecular formula is C10H13BrOS. The number of aliphatic hydroxyl groups is 1. The van der Waals surface area contributed by atoms with Gasteiger partial charge in [-0.15, -0.1) is 11.8 Å². The summed E-state index contributed by atoms with van der Waals surface area (Å²) in [7, 11) is 0. The van der Waals surface area contributed by atoms with Gasteiger partial charge in [-0.25, -0.2) is 0 Å². The van der Waals surface area contributed by atoms with Gasteiger partial charge in [0, 0.05) is 9.37 Å². The molecule has 72 valence electrons. The Hall–Kier alpha value is 0.01000. The molecule has 1 aromatic carbocycles. The Morgan fingerprint density at radius 3 is 2.77 bits per heavy atom. The standard InChI is InChI=1S/C10H13BrOS/c1-3-13-10-5-4-8(11)6-9(10)7(2)12/h4-7,12H,3H2,1-2H3. The van der Waals surface area contributed by atoms with Crippen molar-refractivity contribution in [3.8, 4) is 0 Å². The molecule has 1 aromatic rings. The van der Waals surface area contributed by atoms with Crippen molar-refractivity contribution >= 4 is 27.7 Å². The molecule has 0 aromatic heterocycles. The van der Waals surface area contributed by atoms with Crippen LogP contribution in [0.4, 0.5) is 0 Å². The average Bonchev–Trinajstić information content (AvgIpc) is 2.08. The minimum Gasteiger partial charge on any atom is -0.389 e. The molecule has 1 rings (SSSR count). The SMILES string of the molecule is CCSc1ccc(Br)cc1C(C)O. The quantitative estimate of drug-likeness (QED) is 0.839. The van der Waals surface area contributed by atoms with Crippen LogP contribution in [0.15, 0.2) is 27.6 Å². The van der Waals surface area contributed by atoms with Crippen LogP contribution in [-0.4, -0.2) is 10.9 Å². The molecule has 0 amide bonds. The lowest BCUT2D eigenvalue weighted by Crippen LogP contribution is -1.94. The molecule has 0 aliphatic carbocycles. The second-order valence-electron chi connectivity index (χ2n) is 2.79. The molecule has 1 nitrogen and oxygen atoms in total. The Balaban J connectivity index is 3.03. The molecule has 3 heteroatoms. The van der Waals surface area contributed by atoms with Gasteiger partial charge in [0.25, 0.3) is 0 Å². The second kappa shape index (κ2) is 5.03. The predicted molar refractivity (Wildman–Crippen MR) is 61.2 cm³/mol. The number of hydrogen-bond acceptors (Lipinski definition) is 2. The highest BCUT2D eigenvalue weighted by atomic mass is 79.9. The maximum atomic E-state index is 9.52. The normalized spacial score (nSPS) is 12.9. The van der Waals surface area contributed by atoms with Crippen molar-refractivity contribution in [1.82, 2.24) is 0 Å². The maximum absolute atomic E-state index is 9.52. The molecule has 1 unspecified atom stereocenters. The van der Waals surface area contributed by atoms with Crippen LogP contribution in [0.3, 0.4) is 0 Å². The molecule has 0 aliphatic heterocycles. The molecule has 0 bridgehead atoms. The van der Waals surface area contributed by atoms with Crippen LogP contribution < -0.4 is 0 Å². The van der Waals surface area contributed by atoms with E-state index < -0.39 is 6.10 Å². The zero-order chi connectivity index (χ0) is 9.84. The Morgan fingerprint density at radius 1 is 1.54 bits per heavy atom. The Bertz CT molecular complexity index is 286. The fraction of sp³-hybridized carbons (Fsp3) is 0.400. The number of halogens is 1. The van der Waals surface area contributed by atoms with E-state index in [2.05, 4.69) is 22.9 Å². The monoisotopic (exact) mass is 260 g/mol. The first kappa shape index (κ1) is 11.1. The molecular weight excluding hydrogens is 248 g/mol. The topological polar surface area (TPSA) is 20.2 Å². The first-order valence-electron chi connectivity index (χ1n) is 4.25. The molecule has 0 spiro atoms. The van der Waals surface area contributed by atoms with E-state index in [1.54, 1.807) is 18.7 Å². The van der Waals surface area contributed by atoms with Crippen LogP contribution in [0.2, 0.25) is 0 Å². The summed E-state index contributed by atoms with van der Waals surface area (Å²) in [6, 6.07) is 6.02. The van der Waals surface area contributed by atoms with Crippen LogP contribution in [-0.2, 0) is 0 Å². The number of aliphatic hydroxyl groups excluding tert-OH is 1. The van der Waals surface area contributed by atoms with Gasteiger partial charge in [-0.1, -0.05) is 22.9 Å². The van der Waals surface area contributed by atoms with E-state index in [0.29, 0.717) is 0 Å². The van der Waals surface area contributed by atoms with Crippen molar-refractivity contribution in [3.05, 3.63) is 28.2 Å². The van der Waals surface area contributed by atoms with Gasteiger partial charge in [-0.05, 0) is 36.4 Å². The summed E-state index contributed by atoms with van der Waals surface area (Å²) < 4.78 is 1.02. The second-order valence-corrected chi connectivity index (χ2v) is 5.01. The number of benzene rings is 1. The lowest BCUT2D eigenvalue weighted by Gasteiger charge is -2.11. The first-order valence-corrected chi connectivity index (χ1v) is 6.03. The molecule has 0 fully saturated rings. The maximum Gasteiger partial charge on any atom is 0.0773 e. The van der Waals surface area contributed by atoms with Crippen molar-refractivity contribution in [2.45, 2.75) is 24.8 Å². The van der Waals surface area contributed by atoms with Crippen molar-refractivity contribution in [2.75, 3.05) is 5.75 Å². The summed E-state index contributed by atoms with van der Waals surface area (Å²) in [6.07, 6.45) is -0.397. The van der Waals surface area contributed by atoms with Gasteiger partial charge < -0.3 is 5.11 Å². The summed E-state index contributed by atoms with van der Waals surface area (Å²) in [5.41, 5.74) is 1.00. The lowest BCUT2D eigenvalue weighted by atomic mass is 10.1. The highest BCUT2D eigenvalue weighted by molar-refractivity contribution is 9.10. The highest BCUT2D eigenvalue weighted by Crippen LogP contribution is 2.29. The van der Waals surface area contributed by atoms with E-state index >= 15 is 0 Å². The zero-order valence-corrected chi connectivity index (χ0v) is 10.2. The van der Waals surface area contributed by atoms with E-state index in [1.165, 1.54) is 4.90 Å². The van der Waals surface area contributed by atoms with Crippen molar-refractivity contribution in [3.63, 3.8) is 0 Å². The molecule has 0 heterocycles. The minimum absolute atomic E-state index is 0.397. The zero-order valence-electron chi connectivity index (χ0n) is 7.75. The van der Waals surface area contributed by atoms with Gasteiger partial charge in [-0.3, -0.25) is 0 Å². The first-order chi connectivity index (χ1) is 6.15. The van der Waals surface area contributed by atoms with Gasteiger partial charge in [-0.2, -0.15) is 0 Å². The fourth-order valence-electron chi connectivity index (χ4n) is 1.13. The van der Waals surface area contributed by atoms with E-state index in [0.717, 1.165) is 15.8 Å². The molecule has 0 saturated heterocycles. The van der Waals surface area contributed by atoms with Gasteiger partial charge in [0.15, 0.2) is 0 Å². The molecule has 0 radical (unpaired) electrons. The summed E-state index contributed by atoms with van der Waals surface area (Å²) in [5, 5.41) is 9.52. The number of thioether (sulfide) groups is 1. The van der Waals surface area contributed by atoms with E-state index in [1.807, 2.05) is 18.2 Å². The van der Waals surface area contributed by atoms with E-state index in [9.17, 15) is 5.11 Å². The number of rotatable bonds is 3. The van der Waals surface area contributed by atoms with Gasteiger partial charge >= 0.3 is 0 Å². The van der Waals surface area contributed by atoms with Gasteiger partial charge in [0.05, 0.1) is 6.10 Å². The van der Waals surface area contributed by atoms with Crippen molar-refractivity contribution in [2.24, 2.45) is 0 Å². The van der Waals surface area contributed by atoms with E-state index in [4.69, 9.17) is 0 Å². The molecule has 0 saturated carbocycles. The molecule has 1 atom stereocenters. The third-order valence-electron chi connectivity index (χ3n) is 1.72. The van der Waals surface area contributed by atoms with Gasteiger partial charge in [0.1, 0.15) is 0 Å². The van der Waals surface area contributed by atoms with Crippen LogP contribution in [0.25, 0.3) is 0 Å². The summed E-state index contributed by atoms with van der Waals surface area (Å²) >= 11 is 5.15. The molecule has 0 aliphatic rings. The summed E-state index contributed by atoms with van der Waals surface area (Å²) in [4.78, 5) is 1.17. The third kappa shape index (κ3) is 3.01. The number of hydrogen-bond donors (Lipinski definition) is 1. The van der Waals surface area contributed by atoms with Crippen molar-refractivity contribution < 1.29 is 5.11 Å². The fourth-order valence-corrected chi connectivity index (χ4v) is 2.38. The van der Waals surface area contributed by atoms with Crippen LogP contribution in [0.1, 0.15) is 25.5 Å². The summed E-state index contributed by atoms with van der Waals surface area (Å²) in [6.45, 7) is 3.90. The molecule has 1 N–H and O–H groups in total. The smallest absolute Gasteiger partial charge is 0.0773 e. The van der Waals surface area contributed by atoms with Crippen LogP contribution in [0, 0.1) is 0 Å². The summed E-state index contributed by atoms with van der Waals surface area (Å²) in [5.74, 6) is 1.03. The average molecular weight is 261 g/mol. The molecule has 13 heavy (non-hydrogen) atoms. The Kier molecular flexibility index (Phi) is 4.29. The van der Waals surface area contributed by atoms with E-state index in [-0.39, 0.29) is 0 Å². The largest absolute Gasteiger partial charge is 0.389 e. The Morgan fingerprint density at radius 2 is 2.23 bits per heavy atom. The van der Waals surface area contributed by atoms with Gasteiger partial charge in [0.2, 0.25) is 0 Å². The lowest BCUT2D eigenvalue weighted by molar-refractivity contribution is 0.196. The highest BCUT2D eigenvalue weighted by Gasteiger charge is 2.07. The third-order valence-corrected chi connectivity index (χ3v) is 3.19. The minimum atomic E-state index is -0.397. The Labute approximate surface area is 91.7 Å². The van der Waals surface area contributed by atoms with Crippen molar-refractivity contribution in [1.29, 1.82) is 0 Å². The van der Waals surface area contributed by atoms with Crippen LogP contribution in [0.5, 0.6) is 0 Å². The predicted octanol–water partition coefficient (Wildman–Crippen LogP) is 3.61.